The molecule has 0 aliphatic carbocycles. The fraction of sp³-hybridized carbons (Fsp3) is 0.615. The fourth-order valence-electron chi connectivity index (χ4n) is 1.67. The van der Waals surface area contributed by atoms with Crippen LogP contribution in [-0.4, -0.2) is 45.5 Å². The Morgan fingerprint density at radius 1 is 1.45 bits per heavy atom. The van der Waals surface area contributed by atoms with Crippen molar-refractivity contribution in [2.45, 2.75) is 19.9 Å². The van der Waals surface area contributed by atoms with Crippen LogP contribution in [0.1, 0.15) is 18.9 Å². The van der Waals surface area contributed by atoms with Crippen LogP contribution in [0.3, 0.4) is 0 Å². The van der Waals surface area contributed by atoms with Crippen molar-refractivity contribution in [3.05, 3.63) is 22.8 Å². The first kappa shape index (κ1) is 17.2. The zero-order chi connectivity index (χ0) is 15.2. The maximum absolute atomic E-state index is 11.2. The number of anilines is 1. The standard InChI is InChI=1S/C13H22ClN3O2S/c1-4-5-15-9-11-8-12(14)13(16-10-11)17(2)6-7-20(3,18)19/h8,10,15H,4-7,9H2,1-3H3. The summed E-state index contributed by atoms with van der Waals surface area (Å²) in [4.78, 5) is 6.07. The van der Waals surface area contributed by atoms with Gasteiger partial charge in [0.25, 0.3) is 0 Å². The molecule has 1 heterocycles. The lowest BCUT2D eigenvalue weighted by Gasteiger charge is -2.19. The normalized spacial score (nSPS) is 11.6. The smallest absolute Gasteiger partial charge is 0.149 e. The van der Waals surface area contributed by atoms with Crippen molar-refractivity contribution < 1.29 is 8.42 Å². The molecule has 5 nitrogen and oxygen atoms in total. The summed E-state index contributed by atoms with van der Waals surface area (Å²) in [5, 5.41) is 3.82. The average Bonchev–Trinajstić information content (AvgIpc) is 2.35. The van der Waals surface area contributed by atoms with Gasteiger partial charge in [-0.25, -0.2) is 13.4 Å². The van der Waals surface area contributed by atoms with E-state index in [9.17, 15) is 8.42 Å². The van der Waals surface area contributed by atoms with Gasteiger partial charge in [-0.3, -0.25) is 0 Å². The molecule has 7 heteroatoms. The summed E-state index contributed by atoms with van der Waals surface area (Å²) in [6.07, 6.45) is 4.06. The molecule has 0 saturated heterocycles. The van der Waals surface area contributed by atoms with E-state index in [0.29, 0.717) is 17.4 Å². The van der Waals surface area contributed by atoms with Crippen LogP contribution in [0.15, 0.2) is 12.3 Å². The third-order valence-corrected chi connectivity index (χ3v) is 4.00. The fourth-order valence-corrected chi connectivity index (χ4v) is 2.60. The zero-order valence-corrected chi connectivity index (χ0v) is 13.8. The van der Waals surface area contributed by atoms with Crippen LogP contribution < -0.4 is 10.2 Å². The molecular weight excluding hydrogens is 298 g/mol. The van der Waals surface area contributed by atoms with Crippen LogP contribution in [0.25, 0.3) is 0 Å². The van der Waals surface area contributed by atoms with Crippen LogP contribution in [0, 0.1) is 0 Å². The van der Waals surface area contributed by atoms with Gasteiger partial charge in [0.1, 0.15) is 15.7 Å². The van der Waals surface area contributed by atoms with Gasteiger partial charge >= 0.3 is 0 Å². The Morgan fingerprint density at radius 2 is 2.15 bits per heavy atom. The van der Waals surface area contributed by atoms with E-state index in [1.807, 2.05) is 6.07 Å². The molecule has 0 radical (unpaired) electrons. The number of nitrogens with zero attached hydrogens (tertiary/aromatic N) is 2. The van der Waals surface area contributed by atoms with E-state index in [4.69, 9.17) is 11.6 Å². The van der Waals surface area contributed by atoms with E-state index in [2.05, 4.69) is 17.2 Å². The van der Waals surface area contributed by atoms with E-state index in [-0.39, 0.29) is 5.75 Å². The number of sulfone groups is 1. The molecular formula is C13H22ClN3O2S. The number of pyridine rings is 1. The quantitative estimate of drug-likeness (QED) is 0.739. The molecule has 0 unspecified atom stereocenters. The van der Waals surface area contributed by atoms with Crippen LogP contribution in [0.4, 0.5) is 5.82 Å². The van der Waals surface area contributed by atoms with Crippen LogP contribution >= 0.6 is 11.6 Å². The van der Waals surface area contributed by atoms with Crippen molar-refractivity contribution in [2.24, 2.45) is 0 Å². The number of hydrogen-bond acceptors (Lipinski definition) is 5. The highest BCUT2D eigenvalue weighted by atomic mass is 35.5. The van der Waals surface area contributed by atoms with Gasteiger partial charge in [-0.2, -0.15) is 0 Å². The lowest BCUT2D eigenvalue weighted by molar-refractivity contribution is 0.601. The molecule has 114 valence electrons. The minimum atomic E-state index is -2.99. The summed E-state index contributed by atoms with van der Waals surface area (Å²) >= 11 is 6.21. The minimum Gasteiger partial charge on any atom is -0.357 e. The predicted molar refractivity (Wildman–Crippen MR) is 84.2 cm³/mol. The van der Waals surface area contributed by atoms with Crippen molar-refractivity contribution in [1.29, 1.82) is 0 Å². The molecule has 0 fully saturated rings. The average molecular weight is 320 g/mol. The number of rotatable bonds is 8. The highest BCUT2D eigenvalue weighted by molar-refractivity contribution is 7.90. The van der Waals surface area contributed by atoms with E-state index in [1.165, 1.54) is 6.26 Å². The summed E-state index contributed by atoms with van der Waals surface area (Å²) in [6, 6.07) is 1.86. The molecule has 1 aromatic rings. The molecule has 1 aromatic heterocycles. The number of aromatic nitrogens is 1. The second-order valence-corrected chi connectivity index (χ2v) is 7.54. The molecule has 0 aromatic carbocycles. The molecule has 1 rings (SSSR count). The van der Waals surface area contributed by atoms with Gasteiger partial charge in [-0.05, 0) is 24.6 Å². The van der Waals surface area contributed by atoms with E-state index < -0.39 is 9.84 Å². The van der Waals surface area contributed by atoms with Crippen molar-refractivity contribution in [1.82, 2.24) is 10.3 Å². The third-order valence-electron chi connectivity index (χ3n) is 2.79. The summed E-state index contributed by atoms with van der Waals surface area (Å²) in [5.41, 5.74) is 1.02. The first-order valence-corrected chi connectivity index (χ1v) is 9.01. The number of halogens is 1. The van der Waals surface area contributed by atoms with Gasteiger partial charge in [-0.1, -0.05) is 18.5 Å². The SMILES string of the molecule is CCCNCc1cnc(N(C)CCS(C)(=O)=O)c(Cl)c1. The minimum absolute atomic E-state index is 0.0846. The summed E-state index contributed by atoms with van der Waals surface area (Å²) < 4.78 is 22.3. The molecule has 1 N–H and O–H groups in total. The Hall–Kier alpha value is -0.850. The molecule has 0 spiro atoms. The van der Waals surface area contributed by atoms with E-state index in [1.54, 1.807) is 18.1 Å². The Bertz CT molecular complexity index is 534. The Kier molecular flexibility index (Phi) is 6.71. The Morgan fingerprint density at radius 3 is 2.70 bits per heavy atom. The van der Waals surface area contributed by atoms with Gasteiger partial charge in [-0.15, -0.1) is 0 Å². The van der Waals surface area contributed by atoms with Crippen LogP contribution in [-0.2, 0) is 16.4 Å². The predicted octanol–water partition coefficient (Wildman–Crippen LogP) is 1.72. The van der Waals surface area contributed by atoms with Crippen molar-refractivity contribution in [3.63, 3.8) is 0 Å². The van der Waals surface area contributed by atoms with Crippen molar-refractivity contribution >= 4 is 27.3 Å². The van der Waals surface area contributed by atoms with Crippen molar-refractivity contribution in [2.75, 3.05) is 37.0 Å². The molecule has 0 atom stereocenters. The number of nitrogens with one attached hydrogen (secondary N) is 1. The second-order valence-electron chi connectivity index (χ2n) is 4.88. The second kappa shape index (κ2) is 7.81. The van der Waals surface area contributed by atoms with Crippen molar-refractivity contribution in [3.8, 4) is 0 Å². The maximum Gasteiger partial charge on any atom is 0.149 e. The molecule has 0 saturated carbocycles. The Labute approximate surface area is 126 Å². The lowest BCUT2D eigenvalue weighted by atomic mass is 10.2. The van der Waals surface area contributed by atoms with Gasteiger partial charge in [0, 0.05) is 32.6 Å². The summed E-state index contributed by atoms with van der Waals surface area (Å²) in [5.74, 6) is 0.691. The highest BCUT2D eigenvalue weighted by Gasteiger charge is 2.11. The van der Waals surface area contributed by atoms with Gasteiger partial charge < -0.3 is 10.2 Å². The van der Waals surface area contributed by atoms with E-state index >= 15 is 0 Å². The van der Waals surface area contributed by atoms with Crippen LogP contribution in [0.5, 0.6) is 0 Å². The first-order chi connectivity index (χ1) is 9.33. The third kappa shape index (κ3) is 6.07. The van der Waals surface area contributed by atoms with Gasteiger partial charge in [0.15, 0.2) is 0 Å². The van der Waals surface area contributed by atoms with Crippen LogP contribution in [0.2, 0.25) is 5.02 Å². The summed E-state index contributed by atoms with van der Waals surface area (Å²) in [7, 11) is -1.20. The molecule has 0 aliphatic heterocycles. The first-order valence-electron chi connectivity index (χ1n) is 6.57. The van der Waals surface area contributed by atoms with Gasteiger partial charge in [0.2, 0.25) is 0 Å². The van der Waals surface area contributed by atoms with Gasteiger partial charge in [0.05, 0.1) is 10.8 Å². The maximum atomic E-state index is 11.2. The van der Waals surface area contributed by atoms with E-state index in [0.717, 1.165) is 25.1 Å². The monoisotopic (exact) mass is 319 g/mol. The lowest BCUT2D eigenvalue weighted by Crippen LogP contribution is -2.26. The highest BCUT2D eigenvalue weighted by Crippen LogP contribution is 2.23. The Balaban J connectivity index is 2.67. The summed E-state index contributed by atoms with van der Waals surface area (Å²) in [6.45, 7) is 4.17. The molecule has 20 heavy (non-hydrogen) atoms. The molecule has 0 aliphatic rings. The topological polar surface area (TPSA) is 62.3 Å². The molecule has 0 amide bonds. The molecule has 0 bridgehead atoms. The number of hydrogen-bond donors (Lipinski definition) is 1. The zero-order valence-electron chi connectivity index (χ0n) is 12.2. The largest absolute Gasteiger partial charge is 0.357 e.